The standard InChI is InChI=1S/C17H22N4O3/c1-11(2)10-18-15(22)8-7-14-17(23)19-16(21-20-14)12-5-4-6-13(9-12)24-3/h4-6,9,11H,7-8,10H2,1-3H3,(H,18,22)(H,19,21,23). The van der Waals surface area contributed by atoms with Crippen molar-refractivity contribution in [1.82, 2.24) is 20.5 Å². The first-order valence-electron chi connectivity index (χ1n) is 7.86. The van der Waals surface area contributed by atoms with E-state index in [9.17, 15) is 9.59 Å². The van der Waals surface area contributed by atoms with Crippen molar-refractivity contribution in [2.24, 2.45) is 5.92 Å². The van der Waals surface area contributed by atoms with E-state index in [0.717, 1.165) is 0 Å². The van der Waals surface area contributed by atoms with Crippen LogP contribution in [0, 0.1) is 5.92 Å². The van der Waals surface area contributed by atoms with Gasteiger partial charge in [-0.1, -0.05) is 26.0 Å². The maximum atomic E-state index is 12.1. The van der Waals surface area contributed by atoms with Crippen LogP contribution in [0.3, 0.4) is 0 Å². The number of H-pyrrole nitrogens is 1. The van der Waals surface area contributed by atoms with Gasteiger partial charge in [-0.2, -0.15) is 0 Å². The first-order valence-corrected chi connectivity index (χ1v) is 7.86. The summed E-state index contributed by atoms with van der Waals surface area (Å²) in [4.78, 5) is 26.5. The minimum Gasteiger partial charge on any atom is -0.497 e. The molecule has 2 aromatic rings. The maximum absolute atomic E-state index is 12.1. The van der Waals surface area contributed by atoms with Crippen LogP contribution in [0.1, 0.15) is 26.0 Å². The Morgan fingerprint density at radius 2 is 2.12 bits per heavy atom. The van der Waals surface area contributed by atoms with E-state index in [0.29, 0.717) is 29.6 Å². The highest BCUT2D eigenvalue weighted by molar-refractivity contribution is 5.76. The number of aromatic amines is 1. The van der Waals surface area contributed by atoms with E-state index in [2.05, 4.69) is 20.5 Å². The molecule has 0 saturated heterocycles. The van der Waals surface area contributed by atoms with Crippen LogP contribution < -0.4 is 15.6 Å². The van der Waals surface area contributed by atoms with Crippen LogP contribution in [0.2, 0.25) is 0 Å². The molecule has 0 saturated carbocycles. The topological polar surface area (TPSA) is 97.0 Å². The molecule has 0 unspecified atom stereocenters. The predicted molar refractivity (Wildman–Crippen MR) is 90.8 cm³/mol. The first-order chi connectivity index (χ1) is 11.5. The largest absolute Gasteiger partial charge is 0.497 e. The fourth-order valence-corrected chi connectivity index (χ4v) is 2.06. The lowest BCUT2D eigenvalue weighted by Gasteiger charge is -2.07. The SMILES string of the molecule is COc1cccc(-c2nnc(CCC(=O)NCC(C)C)c(=O)[nH]2)c1. The molecule has 0 fully saturated rings. The van der Waals surface area contributed by atoms with Gasteiger partial charge in [0, 0.05) is 24.9 Å². The summed E-state index contributed by atoms with van der Waals surface area (Å²) < 4.78 is 5.15. The normalized spacial score (nSPS) is 10.7. The molecule has 1 aromatic heterocycles. The Labute approximate surface area is 140 Å². The van der Waals surface area contributed by atoms with Crippen LogP contribution in [0.5, 0.6) is 5.75 Å². The van der Waals surface area contributed by atoms with Gasteiger partial charge in [0.1, 0.15) is 11.4 Å². The van der Waals surface area contributed by atoms with Gasteiger partial charge in [-0.05, 0) is 18.1 Å². The molecule has 0 aliphatic heterocycles. The number of hydrogen-bond acceptors (Lipinski definition) is 5. The number of aryl methyl sites for hydroxylation is 1. The molecule has 24 heavy (non-hydrogen) atoms. The minimum atomic E-state index is -0.334. The van der Waals surface area contributed by atoms with Crippen LogP contribution in [0.15, 0.2) is 29.1 Å². The zero-order valence-electron chi connectivity index (χ0n) is 14.1. The fourth-order valence-electron chi connectivity index (χ4n) is 2.06. The molecule has 2 N–H and O–H groups in total. The van der Waals surface area contributed by atoms with Gasteiger partial charge in [0.15, 0.2) is 5.82 Å². The summed E-state index contributed by atoms with van der Waals surface area (Å²) in [5, 5.41) is 10.8. The molecule has 7 nitrogen and oxygen atoms in total. The summed E-state index contributed by atoms with van der Waals surface area (Å²) in [7, 11) is 1.57. The van der Waals surface area contributed by atoms with Crippen molar-refractivity contribution in [1.29, 1.82) is 0 Å². The lowest BCUT2D eigenvalue weighted by molar-refractivity contribution is -0.121. The van der Waals surface area contributed by atoms with Crippen LogP contribution in [-0.2, 0) is 11.2 Å². The Kier molecular flexibility index (Phi) is 6.06. The molecule has 2 rings (SSSR count). The van der Waals surface area contributed by atoms with Crippen LogP contribution in [0.25, 0.3) is 11.4 Å². The number of benzene rings is 1. The third-order valence-electron chi connectivity index (χ3n) is 3.40. The maximum Gasteiger partial charge on any atom is 0.273 e. The summed E-state index contributed by atoms with van der Waals surface area (Å²) in [5.74, 6) is 1.33. The molecule has 0 bridgehead atoms. The van der Waals surface area contributed by atoms with E-state index < -0.39 is 0 Å². The van der Waals surface area contributed by atoms with Gasteiger partial charge < -0.3 is 15.0 Å². The molecule has 0 aliphatic carbocycles. The second kappa shape index (κ2) is 8.24. The van der Waals surface area contributed by atoms with Crippen LogP contribution >= 0.6 is 0 Å². The zero-order chi connectivity index (χ0) is 17.5. The number of carbonyl (C=O) groups is 1. The van der Waals surface area contributed by atoms with E-state index in [-0.39, 0.29) is 30.0 Å². The smallest absolute Gasteiger partial charge is 0.273 e. The summed E-state index contributed by atoms with van der Waals surface area (Å²) in [6.07, 6.45) is 0.466. The Bertz CT molecular complexity index is 755. The summed E-state index contributed by atoms with van der Waals surface area (Å²) in [6, 6.07) is 7.18. The molecule has 128 valence electrons. The van der Waals surface area contributed by atoms with Crippen molar-refractivity contribution in [2.45, 2.75) is 26.7 Å². The highest BCUT2D eigenvalue weighted by atomic mass is 16.5. The summed E-state index contributed by atoms with van der Waals surface area (Å²) in [5.41, 5.74) is 0.626. The lowest BCUT2D eigenvalue weighted by atomic mass is 10.2. The quantitative estimate of drug-likeness (QED) is 0.803. The molecule has 1 amide bonds. The number of carbonyl (C=O) groups excluding carboxylic acids is 1. The first kappa shape index (κ1) is 17.7. The van der Waals surface area contributed by atoms with E-state index in [1.807, 2.05) is 19.9 Å². The van der Waals surface area contributed by atoms with Crippen molar-refractivity contribution in [3.8, 4) is 17.1 Å². The number of nitrogens with one attached hydrogen (secondary N) is 2. The molecule has 0 radical (unpaired) electrons. The monoisotopic (exact) mass is 330 g/mol. The Morgan fingerprint density at radius 1 is 1.33 bits per heavy atom. The van der Waals surface area contributed by atoms with Crippen LogP contribution in [-0.4, -0.2) is 34.7 Å². The number of ether oxygens (including phenoxy) is 1. The van der Waals surface area contributed by atoms with Crippen molar-refractivity contribution in [3.05, 3.63) is 40.3 Å². The molecule has 0 aliphatic rings. The third-order valence-corrected chi connectivity index (χ3v) is 3.40. The number of methoxy groups -OCH3 is 1. The Morgan fingerprint density at radius 3 is 2.79 bits per heavy atom. The molecule has 0 atom stereocenters. The molecular formula is C17H22N4O3. The lowest BCUT2D eigenvalue weighted by Crippen LogP contribution is -2.28. The third kappa shape index (κ3) is 4.91. The van der Waals surface area contributed by atoms with Crippen LogP contribution in [0.4, 0.5) is 0 Å². The number of hydrogen-bond donors (Lipinski definition) is 2. The highest BCUT2D eigenvalue weighted by Crippen LogP contribution is 2.19. The molecule has 1 heterocycles. The Balaban J connectivity index is 2.04. The van der Waals surface area contributed by atoms with Gasteiger partial charge in [-0.15, -0.1) is 10.2 Å². The van der Waals surface area contributed by atoms with Gasteiger partial charge in [0.05, 0.1) is 7.11 Å². The van der Waals surface area contributed by atoms with Gasteiger partial charge in [0.2, 0.25) is 5.91 Å². The van der Waals surface area contributed by atoms with Gasteiger partial charge in [-0.3, -0.25) is 9.59 Å². The second-order valence-electron chi connectivity index (χ2n) is 5.88. The number of nitrogens with zero attached hydrogens (tertiary/aromatic N) is 2. The second-order valence-corrected chi connectivity index (χ2v) is 5.88. The predicted octanol–water partition coefficient (Wildman–Crippen LogP) is 1.55. The van der Waals surface area contributed by atoms with Gasteiger partial charge in [0.25, 0.3) is 5.56 Å². The Hall–Kier alpha value is -2.70. The summed E-state index contributed by atoms with van der Waals surface area (Å²) in [6.45, 7) is 4.66. The van der Waals surface area contributed by atoms with E-state index in [1.54, 1.807) is 25.3 Å². The number of rotatable bonds is 7. The molecule has 7 heteroatoms. The van der Waals surface area contributed by atoms with Crippen molar-refractivity contribution >= 4 is 5.91 Å². The summed E-state index contributed by atoms with van der Waals surface area (Å²) >= 11 is 0. The van der Waals surface area contributed by atoms with E-state index in [4.69, 9.17) is 4.74 Å². The highest BCUT2D eigenvalue weighted by Gasteiger charge is 2.10. The zero-order valence-corrected chi connectivity index (χ0v) is 14.1. The van der Waals surface area contributed by atoms with Crippen molar-refractivity contribution in [2.75, 3.05) is 13.7 Å². The van der Waals surface area contributed by atoms with Crippen molar-refractivity contribution in [3.63, 3.8) is 0 Å². The number of amides is 1. The minimum absolute atomic E-state index is 0.0956. The molecule has 0 spiro atoms. The van der Waals surface area contributed by atoms with Gasteiger partial charge in [-0.25, -0.2) is 0 Å². The fraction of sp³-hybridized carbons (Fsp3) is 0.412. The van der Waals surface area contributed by atoms with E-state index in [1.165, 1.54) is 0 Å². The average Bonchev–Trinajstić information content (AvgIpc) is 2.58. The van der Waals surface area contributed by atoms with Gasteiger partial charge >= 0.3 is 0 Å². The van der Waals surface area contributed by atoms with Crippen molar-refractivity contribution < 1.29 is 9.53 Å². The molecule has 1 aromatic carbocycles. The molecular weight excluding hydrogens is 308 g/mol. The van der Waals surface area contributed by atoms with E-state index >= 15 is 0 Å². The average molecular weight is 330 g/mol. The number of aromatic nitrogens is 3.